The van der Waals surface area contributed by atoms with Crippen molar-refractivity contribution >= 4 is 34.6 Å². The van der Waals surface area contributed by atoms with Crippen LogP contribution in [-0.4, -0.2) is 57.3 Å². The molecule has 4 aromatic rings. The van der Waals surface area contributed by atoms with Crippen LogP contribution in [0.3, 0.4) is 0 Å². The van der Waals surface area contributed by atoms with Crippen LogP contribution in [0.4, 0.5) is 4.39 Å². The number of hydrogen-bond donors (Lipinski definition) is 1. The first-order valence-corrected chi connectivity index (χ1v) is 15.1. The van der Waals surface area contributed by atoms with Crippen LogP contribution < -0.4 is 9.47 Å². The van der Waals surface area contributed by atoms with Gasteiger partial charge in [0.2, 0.25) is 5.60 Å². The Kier molecular flexibility index (Phi) is 7.31. The second kappa shape index (κ2) is 11.2. The van der Waals surface area contributed by atoms with Gasteiger partial charge < -0.3 is 23.9 Å². The largest absolute Gasteiger partial charge is 0.478 e. The van der Waals surface area contributed by atoms with E-state index in [1.165, 1.54) is 19.1 Å². The summed E-state index contributed by atoms with van der Waals surface area (Å²) in [6, 6.07) is 14.7. The molecule has 1 aromatic heterocycles. The lowest BCUT2D eigenvalue weighted by Crippen LogP contribution is -2.45. The summed E-state index contributed by atoms with van der Waals surface area (Å²) in [6.07, 6.45) is 2.71. The number of nitrogens with zero attached hydrogens (tertiary/aromatic N) is 3. The normalized spacial score (nSPS) is 22.2. The molecule has 7 rings (SSSR count). The summed E-state index contributed by atoms with van der Waals surface area (Å²) in [4.78, 5) is 31.9. The molecule has 0 radical (unpaired) electrons. The van der Waals surface area contributed by atoms with Crippen molar-refractivity contribution in [2.45, 2.75) is 56.9 Å². The maximum absolute atomic E-state index is 14.9. The molecule has 2 atom stereocenters. The second-order valence-corrected chi connectivity index (χ2v) is 12.2. The van der Waals surface area contributed by atoms with Crippen LogP contribution in [0.25, 0.3) is 11.0 Å². The Bertz CT molecular complexity index is 1780. The number of piperidine rings is 1. The van der Waals surface area contributed by atoms with Crippen LogP contribution >= 0.6 is 11.6 Å². The maximum atomic E-state index is 14.9. The van der Waals surface area contributed by atoms with E-state index in [4.69, 9.17) is 30.8 Å². The van der Waals surface area contributed by atoms with Crippen molar-refractivity contribution in [2.24, 2.45) is 0 Å². The SMILES string of the molecule is CC1(c2ccc(Cl)cc2F)Oc2c(cccc2C2CCN(Cc3nc4ccc(C(=O)O)cc4n3C[C@@H]3CCO3)CC2)OC1=O. The van der Waals surface area contributed by atoms with E-state index in [-0.39, 0.29) is 28.2 Å². The summed E-state index contributed by atoms with van der Waals surface area (Å²) in [5.74, 6) is -0.497. The number of para-hydroxylation sites is 1. The van der Waals surface area contributed by atoms with Crippen LogP contribution in [0.5, 0.6) is 11.5 Å². The molecule has 0 amide bonds. The molecule has 3 aromatic carbocycles. The molecule has 1 unspecified atom stereocenters. The average molecular weight is 620 g/mol. The molecular formula is C33H31ClFN3O6. The molecule has 1 N–H and O–H groups in total. The number of aromatic carboxylic acids is 1. The number of fused-ring (bicyclic) bond motifs is 2. The number of carboxylic acid groups (broad SMARTS) is 1. The smallest absolute Gasteiger partial charge is 0.360 e. The minimum Gasteiger partial charge on any atom is -0.478 e. The molecule has 0 spiro atoms. The van der Waals surface area contributed by atoms with Gasteiger partial charge in [0.05, 0.1) is 35.8 Å². The third kappa shape index (κ3) is 5.10. The third-order valence-electron chi connectivity index (χ3n) is 9.00. The fourth-order valence-electron chi connectivity index (χ4n) is 6.39. The lowest BCUT2D eigenvalue weighted by atomic mass is 9.87. The number of carbonyl (C=O) groups excluding carboxylic acids is 1. The number of likely N-dealkylation sites (tertiary alicyclic amines) is 1. The summed E-state index contributed by atoms with van der Waals surface area (Å²) < 4.78 is 34.8. The standard InChI is InChI=1S/C33H31ClFN3O6/c1-33(24-7-6-21(34)16-25(24)35)32(41)43-28-4-2-3-23(30(28)44-33)19-9-12-37(13-10-19)18-29-36-26-8-5-20(31(39)40)15-27(26)38(29)17-22-11-14-42-22/h2-8,15-16,19,22H,9-14,17-18H2,1H3,(H,39,40)/t22-,33?/m0/s1. The molecule has 0 bridgehead atoms. The number of carbonyl (C=O) groups is 2. The van der Waals surface area contributed by atoms with Crippen LogP contribution in [-0.2, 0) is 28.2 Å². The van der Waals surface area contributed by atoms with Crippen molar-refractivity contribution in [3.05, 3.63) is 88.0 Å². The topological polar surface area (TPSA) is 103 Å². The van der Waals surface area contributed by atoms with Crippen LogP contribution in [0, 0.1) is 5.82 Å². The number of rotatable bonds is 7. The third-order valence-corrected chi connectivity index (χ3v) is 9.23. The molecule has 3 aliphatic rings. The summed E-state index contributed by atoms with van der Waals surface area (Å²) in [7, 11) is 0. The summed E-state index contributed by atoms with van der Waals surface area (Å²) in [5.41, 5.74) is 1.12. The van der Waals surface area contributed by atoms with Gasteiger partial charge in [-0.15, -0.1) is 0 Å². The van der Waals surface area contributed by atoms with Crippen molar-refractivity contribution in [1.82, 2.24) is 14.5 Å². The monoisotopic (exact) mass is 619 g/mol. The first-order chi connectivity index (χ1) is 21.2. The van der Waals surface area contributed by atoms with Gasteiger partial charge in [0, 0.05) is 22.8 Å². The number of halogens is 2. The quantitative estimate of drug-likeness (QED) is 0.201. The van der Waals surface area contributed by atoms with E-state index in [1.54, 1.807) is 24.3 Å². The number of aromatic nitrogens is 2. The molecule has 0 saturated carbocycles. The lowest BCUT2D eigenvalue weighted by Gasteiger charge is -2.37. The highest BCUT2D eigenvalue weighted by molar-refractivity contribution is 6.30. The molecule has 9 nitrogen and oxygen atoms in total. The number of hydrogen-bond acceptors (Lipinski definition) is 7. The lowest BCUT2D eigenvalue weighted by molar-refractivity contribution is -0.156. The van der Waals surface area contributed by atoms with Crippen molar-refractivity contribution in [1.29, 1.82) is 0 Å². The van der Waals surface area contributed by atoms with Gasteiger partial charge in [0.1, 0.15) is 11.6 Å². The van der Waals surface area contributed by atoms with Crippen molar-refractivity contribution < 1.29 is 33.3 Å². The van der Waals surface area contributed by atoms with Crippen LogP contribution in [0.2, 0.25) is 5.02 Å². The highest BCUT2D eigenvalue weighted by Crippen LogP contribution is 2.47. The Morgan fingerprint density at radius 1 is 1.14 bits per heavy atom. The van der Waals surface area contributed by atoms with Gasteiger partial charge in [-0.3, -0.25) is 4.90 Å². The van der Waals surface area contributed by atoms with Crippen molar-refractivity contribution in [2.75, 3.05) is 19.7 Å². The molecule has 2 fully saturated rings. The van der Waals surface area contributed by atoms with Gasteiger partial charge in [0.15, 0.2) is 11.5 Å². The van der Waals surface area contributed by atoms with Gasteiger partial charge >= 0.3 is 11.9 Å². The fraction of sp³-hybridized carbons (Fsp3) is 0.364. The average Bonchev–Trinajstić information content (AvgIpc) is 3.31. The van der Waals surface area contributed by atoms with Crippen molar-refractivity contribution in [3.63, 3.8) is 0 Å². The number of benzene rings is 3. The Balaban J connectivity index is 1.11. The Morgan fingerprint density at radius 2 is 1.93 bits per heavy atom. The Morgan fingerprint density at radius 3 is 2.64 bits per heavy atom. The van der Waals surface area contributed by atoms with Crippen molar-refractivity contribution in [3.8, 4) is 11.5 Å². The number of esters is 1. The second-order valence-electron chi connectivity index (χ2n) is 11.8. The van der Waals surface area contributed by atoms with E-state index in [9.17, 15) is 19.1 Å². The van der Waals surface area contributed by atoms with Gasteiger partial charge in [-0.2, -0.15) is 0 Å². The first kappa shape index (κ1) is 28.8. The van der Waals surface area contributed by atoms with Gasteiger partial charge in [-0.05, 0) is 87.7 Å². The summed E-state index contributed by atoms with van der Waals surface area (Å²) in [5, 5.41) is 9.77. The zero-order chi connectivity index (χ0) is 30.6. The maximum Gasteiger partial charge on any atom is 0.360 e. The van der Waals surface area contributed by atoms with Gasteiger partial charge in [-0.25, -0.2) is 19.0 Å². The molecule has 228 valence electrons. The fourth-order valence-corrected chi connectivity index (χ4v) is 6.55. The minimum atomic E-state index is -1.66. The summed E-state index contributed by atoms with van der Waals surface area (Å²) in [6.45, 7) is 5.09. The van der Waals surface area contributed by atoms with E-state index < -0.39 is 23.4 Å². The molecule has 0 aliphatic carbocycles. The zero-order valence-corrected chi connectivity index (χ0v) is 24.8. The van der Waals surface area contributed by atoms with E-state index in [0.717, 1.165) is 67.4 Å². The van der Waals surface area contributed by atoms with Gasteiger partial charge in [-0.1, -0.05) is 23.7 Å². The highest BCUT2D eigenvalue weighted by atomic mass is 35.5. The Hall–Kier alpha value is -3.99. The van der Waals surface area contributed by atoms with Crippen LogP contribution in [0.1, 0.15) is 59.4 Å². The number of ether oxygens (including phenoxy) is 3. The van der Waals surface area contributed by atoms with E-state index in [2.05, 4.69) is 9.47 Å². The highest BCUT2D eigenvalue weighted by Gasteiger charge is 2.47. The molecule has 4 heterocycles. The molecule has 2 saturated heterocycles. The summed E-state index contributed by atoms with van der Waals surface area (Å²) >= 11 is 5.95. The number of imidazole rings is 1. The first-order valence-electron chi connectivity index (χ1n) is 14.8. The molecule has 44 heavy (non-hydrogen) atoms. The van der Waals surface area contributed by atoms with E-state index in [1.807, 2.05) is 12.1 Å². The molecule has 3 aliphatic heterocycles. The van der Waals surface area contributed by atoms with Gasteiger partial charge in [0.25, 0.3) is 0 Å². The Labute approximate surface area is 258 Å². The predicted molar refractivity (Wildman–Crippen MR) is 160 cm³/mol. The molecular weight excluding hydrogens is 589 g/mol. The zero-order valence-electron chi connectivity index (χ0n) is 24.1. The molecule has 11 heteroatoms. The predicted octanol–water partition coefficient (Wildman–Crippen LogP) is 5.91. The van der Waals surface area contributed by atoms with Crippen LogP contribution in [0.15, 0.2) is 54.6 Å². The number of carboxylic acids is 1. The van der Waals surface area contributed by atoms with E-state index >= 15 is 0 Å². The van der Waals surface area contributed by atoms with E-state index in [0.29, 0.717) is 24.6 Å². The minimum absolute atomic E-state index is 0.0628.